The molecule has 18 heavy (non-hydrogen) atoms. The minimum Gasteiger partial charge on any atom is -0.351 e. The molecule has 0 spiro atoms. The molecule has 0 bridgehead atoms. The average molecular weight is 266 g/mol. The van der Waals surface area contributed by atoms with Gasteiger partial charge in [-0.2, -0.15) is 0 Å². The maximum atomic E-state index is 11.7. The molecule has 0 saturated carbocycles. The lowest BCUT2D eigenvalue weighted by Crippen LogP contribution is -2.41. The molecule has 0 aliphatic carbocycles. The summed E-state index contributed by atoms with van der Waals surface area (Å²) < 4.78 is 0. The molecule has 0 unspecified atom stereocenters. The van der Waals surface area contributed by atoms with E-state index in [1.165, 1.54) is 5.56 Å². The molecule has 0 saturated heterocycles. The van der Waals surface area contributed by atoms with E-state index in [4.69, 9.17) is 0 Å². The van der Waals surface area contributed by atoms with Crippen LogP contribution in [0.5, 0.6) is 0 Å². The predicted molar refractivity (Wildman–Crippen MR) is 77.8 cm³/mol. The third-order valence-electron chi connectivity index (χ3n) is 2.16. The van der Waals surface area contributed by atoms with Gasteiger partial charge in [-0.3, -0.25) is 4.79 Å². The number of nitrogens with one attached hydrogen (secondary N) is 2. The van der Waals surface area contributed by atoms with Crippen LogP contribution in [0, 0.1) is 0 Å². The van der Waals surface area contributed by atoms with Crippen LogP contribution in [0.15, 0.2) is 29.2 Å². The van der Waals surface area contributed by atoms with Crippen LogP contribution in [0.1, 0.15) is 26.3 Å². The van der Waals surface area contributed by atoms with E-state index in [2.05, 4.69) is 22.8 Å². The lowest BCUT2D eigenvalue weighted by atomic mass is 10.1. The molecule has 3 nitrogen and oxygen atoms in total. The van der Waals surface area contributed by atoms with Gasteiger partial charge >= 0.3 is 0 Å². The van der Waals surface area contributed by atoms with Gasteiger partial charge in [0.05, 0.1) is 5.75 Å². The summed E-state index contributed by atoms with van der Waals surface area (Å²) in [5.74, 6) is 0.534. The van der Waals surface area contributed by atoms with Gasteiger partial charge in [0.2, 0.25) is 5.91 Å². The fourth-order valence-corrected chi connectivity index (χ4v) is 2.33. The van der Waals surface area contributed by atoms with Crippen molar-refractivity contribution in [2.45, 2.75) is 37.8 Å². The second kappa shape index (κ2) is 6.81. The molecule has 1 aromatic carbocycles. The third-order valence-corrected chi connectivity index (χ3v) is 3.16. The van der Waals surface area contributed by atoms with Crippen molar-refractivity contribution in [1.82, 2.24) is 10.6 Å². The van der Waals surface area contributed by atoms with E-state index < -0.39 is 0 Å². The predicted octanol–water partition coefficient (Wildman–Crippen LogP) is 2.41. The Morgan fingerprint density at radius 1 is 1.33 bits per heavy atom. The van der Waals surface area contributed by atoms with Crippen molar-refractivity contribution in [3.8, 4) is 0 Å². The molecule has 1 amide bonds. The first kappa shape index (κ1) is 15.1. The highest BCUT2D eigenvalue weighted by Gasteiger charge is 2.13. The number of carbonyl (C=O) groups is 1. The first-order valence-corrected chi connectivity index (χ1v) is 7.06. The summed E-state index contributed by atoms with van der Waals surface area (Å²) in [6.07, 6.45) is 0. The van der Waals surface area contributed by atoms with Crippen molar-refractivity contribution < 1.29 is 4.79 Å². The number of hydrogen-bond donors (Lipinski definition) is 2. The monoisotopic (exact) mass is 266 g/mol. The highest BCUT2D eigenvalue weighted by molar-refractivity contribution is 8.00. The van der Waals surface area contributed by atoms with Crippen LogP contribution in [0.3, 0.4) is 0 Å². The zero-order valence-electron chi connectivity index (χ0n) is 11.5. The maximum absolute atomic E-state index is 11.7. The number of thioether (sulfide) groups is 1. The first-order valence-electron chi connectivity index (χ1n) is 6.08. The lowest BCUT2D eigenvalue weighted by molar-refractivity contribution is -0.119. The highest BCUT2D eigenvalue weighted by Crippen LogP contribution is 2.19. The standard InChI is InChI=1S/C14H22N2OS/c1-14(2,3)16-13(17)10-18-12-7-5-6-11(8-12)9-15-4/h5-8,15H,9-10H2,1-4H3,(H,16,17). The van der Waals surface area contributed by atoms with Crippen LogP contribution >= 0.6 is 11.8 Å². The Morgan fingerprint density at radius 3 is 2.67 bits per heavy atom. The summed E-state index contributed by atoms with van der Waals surface area (Å²) in [7, 11) is 1.93. The Bertz CT molecular complexity index is 399. The second-order valence-electron chi connectivity index (χ2n) is 5.26. The normalized spacial score (nSPS) is 11.3. The summed E-state index contributed by atoms with van der Waals surface area (Å²) in [5.41, 5.74) is 1.07. The highest BCUT2D eigenvalue weighted by atomic mass is 32.2. The van der Waals surface area contributed by atoms with Gasteiger partial charge in [0.1, 0.15) is 0 Å². The van der Waals surface area contributed by atoms with Crippen molar-refractivity contribution in [2.24, 2.45) is 0 Å². The van der Waals surface area contributed by atoms with Crippen molar-refractivity contribution in [2.75, 3.05) is 12.8 Å². The molecule has 1 rings (SSSR count). The van der Waals surface area contributed by atoms with Gasteiger partial charge in [-0.1, -0.05) is 12.1 Å². The summed E-state index contributed by atoms with van der Waals surface area (Å²) in [5, 5.41) is 6.08. The Morgan fingerprint density at radius 2 is 2.06 bits per heavy atom. The second-order valence-corrected chi connectivity index (χ2v) is 6.31. The molecule has 100 valence electrons. The molecule has 0 heterocycles. The molecule has 4 heteroatoms. The Labute approximate surface area is 114 Å². The molecule has 0 radical (unpaired) electrons. The van der Waals surface area contributed by atoms with Crippen LogP contribution in [0.2, 0.25) is 0 Å². The number of amides is 1. The zero-order chi connectivity index (χ0) is 13.6. The fourth-order valence-electron chi connectivity index (χ4n) is 1.55. The zero-order valence-corrected chi connectivity index (χ0v) is 12.4. The van der Waals surface area contributed by atoms with Crippen LogP contribution < -0.4 is 10.6 Å². The summed E-state index contributed by atoms with van der Waals surface area (Å²) in [6, 6.07) is 8.26. The van der Waals surface area contributed by atoms with Gasteiger partial charge in [0, 0.05) is 17.0 Å². The van der Waals surface area contributed by atoms with E-state index in [0.29, 0.717) is 5.75 Å². The molecule has 0 aromatic heterocycles. The smallest absolute Gasteiger partial charge is 0.230 e. The van der Waals surface area contributed by atoms with Gasteiger partial charge in [-0.05, 0) is 45.5 Å². The number of benzene rings is 1. The van der Waals surface area contributed by atoms with E-state index in [0.717, 1.165) is 11.4 Å². The van der Waals surface area contributed by atoms with Crippen LogP contribution in [-0.2, 0) is 11.3 Å². The average Bonchev–Trinajstić information content (AvgIpc) is 2.25. The van der Waals surface area contributed by atoms with Gasteiger partial charge in [0.15, 0.2) is 0 Å². The third kappa shape index (κ3) is 6.07. The molecular weight excluding hydrogens is 244 g/mol. The van der Waals surface area contributed by atoms with Gasteiger partial charge < -0.3 is 10.6 Å². The van der Waals surface area contributed by atoms with Crippen LogP contribution in [0.25, 0.3) is 0 Å². The largest absolute Gasteiger partial charge is 0.351 e. The van der Waals surface area contributed by atoms with E-state index in [1.54, 1.807) is 11.8 Å². The minimum atomic E-state index is -0.161. The van der Waals surface area contributed by atoms with E-state index in [9.17, 15) is 4.79 Å². The van der Waals surface area contributed by atoms with Crippen molar-refractivity contribution in [3.05, 3.63) is 29.8 Å². The van der Waals surface area contributed by atoms with E-state index in [1.807, 2.05) is 40.0 Å². The summed E-state index contributed by atoms with van der Waals surface area (Å²) in [6.45, 7) is 6.82. The van der Waals surface area contributed by atoms with E-state index in [-0.39, 0.29) is 11.4 Å². The molecule has 0 fully saturated rings. The van der Waals surface area contributed by atoms with Crippen molar-refractivity contribution >= 4 is 17.7 Å². The number of rotatable bonds is 5. The summed E-state index contributed by atoms with van der Waals surface area (Å²) in [4.78, 5) is 12.8. The van der Waals surface area contributed by atoms with Crippen LogP contribution in [0.4, 0.5) is 0 Å². The van der Waals surface area contributed by atoms with Crippen molar-refractivity contribution in [1.29, 1.82) is 0 Å². The molecule has 0 atom stereocenters. The first-order chi connectivity index (χ1) is 8.40. The lowest BCUT2D eigenvalue weighted by Gasteiger charge is -2.20. The van der Waals surface area contributed by atoms with E-state index >= 15 is 0 Å². The minimum absolute atomic E-state index is 0.0755. The van der Waals surface area contributed by atoms with Gasteiger partial charge in [-0.25, -0.2) is 0 Å². The number of hydrogen-bond acceptors (Lipinski definition) is 3. The van der Waals surface area contributed by atoms with Crippen molar-refractivity contribution in [3.63, 3.8) is 0 Å². The fraction of sp³-hybridized carbons (Fsp3) is 0.500. The molecule has 0 aliphatic rings. The topological polar surface area (TPSA) is 41.1 Å². The Balaban J connectivity index is 2.48. The Hall–Kier alpha value is -1.00. The molecule has 1 aromatic rings. The molecule has 0 aliphatic heterocycles. The summed E-state index contributed by atoms with van der Waals surface area (Å²) >= 11 is 1.57. The van der Waals surface area contributed by atoms with Gasteiger partial charge in [-0.15, -0.1) is 11.8 Å². The quantitative estimate of drug-likeness (QED) is 0.804. The Kier molecular flexibility index (Phi) is 5.69. The van der Waals surface area contributed by atoms with Gasteiger partial charge in [0.25, 0.3) is 0 Å². The maximum Gasteiger partial charge on any atom is 0.230 e. The molecule has 2 N–H and O–H groups in total. The number of carbonyl (C=O) groups excluding carboxylic acids is 1. The SMILES string of the molecule is CNCc1cccc(SCC(=O)NC(C)(C)C)c1. The van der Waals surface area contributed by atoms with Crippen LogP contribution in [-0.4, -0.2) is 24.2 Å². The molecular formula is C14H22N2OS.